The molecule has 3 heterocycles. The first kappa shape index (κ1) is 18.6. The highest BCUT2D eigenvalue weighted by Crippen LogP contribution is 2.30. The van der Waals surface area contributed by atoms with Crippen molar-refractivity contribution in [2.45, 2.75) is 11.7 Å². The van der Waals surface area contributed by atoms with E-state index in [0.717, 1.165) is 10.9 Å². The third kappa shape index (κ3) is 3.64. The molecule has 1 aliphatic rings. The van der Waals surface area contributed by atoms with Crippen LogP contribution >= 0.6 is 11.8 Å². The van der Waals surface area contributed by atoms with Gasteiger partial charge in [-0.1, -0.05) is 12.1 Å². The molecule has 1 aromatic carbocycles. The number of hydrogen-bond acceptors (Lipinski definition) is 6. The van der Waals surface area contributed by atoms with Gasteiger partial charge in [0.25, 0.3) is 5.91 Å². The van der Waals surface area contributed by atoms with Gasteiger partial charge in [0, 0.05) is 23.4 Å². The van der Waals surface area contributed by atoms with Crippen molar-refractivity contribution in [3.05, 3.63) is 64.8 Å². The van der Waals surface area contributed by atoms with E-state index < -0.39 is 11.9 Å². The van der Waals surface area contributed by atoms with Crippen molar-refractivity contribution < 1.29 is 19.2 Å². The number of thioether (sulfide) groups is 1. The zero-order chi connectivity index (χ0) is 19.7. The lowest BCUT2D eigenvalue weighted by Crippen LogP contribution is -2.31. The average Bonchev–Trinajstić information content (AvgIpc) is 3.17. The Kier molecular flexibility index (Phi) is 5.12. The van der Waals surface area contributed by atoms with Crippen LogP contribution in [0.5, 0.6) is 0 Å². The molecular weight excluding hydrogens is 380 g/mol. The van der Waals surface area contributed by atoms with E-state index in [-0.39, 0.29) is 23.8 Å². The lowest BCUT2D eigenvalue weighted by atomic mass is 10.1. The zero-order valence-electron chi connectivity index (χ0n) is 15.1. The number of anilines is 1. The third-order valence-electron chi connectivity index (χ3n) is 4.49. The number of para-hydroxylation sites is 1. The van der Waals surface area contributed by atoms with E-state index in [1.165, 1.54) is 22.5 Å². The van der Waals surface area contributed by atoms with Gasteiger partial charge in [0.1, 0.15) is 30.1 Å². The van der Waals surface area contributed by atoms with Crippen LogP contribution in [0.2, 0.25) is 0 Å². The van der Waals surface area contributed by atoms with Crippen LogP contribution in [0, 0.1) is 0 Å². The van der Waals surface area contributed by atoms with E-state index in [1.807, 2.05) is 35.9 Å². The van der Waals surface area contributed by atoms with Gasteiger partial charge in [0.15, 0.2) is 6.20 Å². The average molecular weight is 399 g/mol. The third-order valence-corrected chi connectivity index (χ3v) is 5.60. The van der Waals surface area contributed by atoms with E-state index in [1.54, 1.807) is 18.3 Å². The minimum absolute atomic E-state index is 0.110. The topological polar surface area (TPSA) is 97.3 Å². The van der Waals surface area contributed by atoms with Gasteiger partial charge in [0.05, 0.1) is 6.61 Å². The van der Waals surface area contributed by atoms with Crippen LogP contribution in [0.1, 0.15) is 16.6 Å². The fourth-order valence-corrected chi connectivity index (χ4v) is 4.04. The smallest absolute Gasteiger partial charge is 0.351 e. The molecule has 0 saturated carbocycles. The summed E-state index contributed by atoms with van der Waals surface area (Å²) in [5, 5.41) is 12.7. The molecule has 1 amide bonds. The number of amides is 1. The zero-order valence-corrected chi connectivity index (χ0v) is 15.9. The summed E-state index contributed by atoms with van der Waals surface area (Å²) in [6, 6.07) is 11.1. The summed E-state index contributed by atoms with van der Waals surface area (Å²) in [4.78, 5) is 28.9. The van der Waals surface area contributed by atoms with E-state index in [9.17, 15) is 9.59 Å². The largest absolute Gasteiger partial charge is 0.393 e. The van der Waals surface area contributed by atoms with Crippen molar-refractivity contribution in [3.63, 3.8) is 0 Å². The standard InChI is InChI=1S/C19H18N4O4S/c1-22-9-13(8-12-4-2-3-5-14(12)22)18(25)20-15-6-7-23(19(26)21-15)16-11-28-17(10-24)27-16/h2-9,16-17,24H,10-11H2,1H3/p+1/t16-,17+/m0/s1. The second-order valence-corrected chi connectivity index (χ2v) is 7.58. The van der Waals surface area contributed by atoms with Gasteiger partial charge in [-0.15, -0.1) is 11.8 Å². The number of hydrogen-bond donors (Lipinski definition) is 2. The molecule has 1 saturated heterocycles. The molecule has 0 unspecified atom stereocenters. The molecular formula is C19H19N4O4S+. The second-order valence-electron chi connectivity index (χ2n) is 6.39. The van der Waals surface area contributed by atoms with E-state index in [0.29, 0.717) is 11.3 Å². The molecule has 0 spiro atoms. The summed E-state index contributed by atoms with van der Waals surface area (Å²) < 4.78 is 8.80. The molecule has 4 rings (SSSR count). The molecule has 2 aromatic heterocycles. The van der Waals surface area contributed by atoms with Gasteiger partial charge in [-0.3, -0.25) is 9.36 Å². The van der Waals surface area contributed by atoms with Crippen LogP contribution in [0.15, 0.2) is 53.6 Å². The van der Waals surface area contributed by atoms with Crippen molar-refractivity contribution in [1.29, 1.82) is 0 Å². The Hall–Kier alpha value is -2.75. The number of nitrogens with one attached hydrogen (secondary N) is 1. The predicted octanol–water partition coefficient (Wildman–Crippen LogP) is 1.05. The van der Waals surface area contributed by atoms with Gasteiger partial charge in [-0.25, -0.2) is 9.36 Å². The Balaban J connectivity index is 1.54. The number of aryl methyl sites for hydroxylation is 1. The Bertz CT molecular complexity index is 1100. The Morgan fingerprint density at radius 2 is 2.25 bits per heavy atom. The lowest BCUT2D eigenvalue weighted by Gasteiger charge is -2.14. The van der Waals surface area contributed by atoms with Gasteiger partial charge >= 0.3 is 5.69 Å². The number of pyridine rings is 1. The fraction of sp³-hybridized carbons (Fsp3) is 0.263. The van der Waals surface area contributed by atoms with E-state index >= 15 is 0 Å². The molecule has 1 fully saturated rings. The Morgan fingerprint density at radius 3 is 3.00 bits per heavy atom. The van der Waals surface area contributed by atoms with Crippen LogP contribution in [0.4, 0.5) is 5.82 Å². The normalized spacial score (nSPS) is 19.1. The molecule has 0 aliphatic carbocycles. The van der Waals surface area contributed by atoms with Crippen LogP contribution in [-0.4, -0.2) is 38.4 Å². The van der Waals surface area contributed by atoms with E-state index in [4.69, 9.17) is 9.84 Å². The van der Waals surface area contributed by atoms with Crippen LogP contribution in [0.25, 0.3) is 10.9 Å². The maximum Gasteiger partial charge on any atom is 0.351 e. The minimum atomic E-state index is -0.522. The predicted molar refractivity (Wildman–Crippen MR) is 105 cm³/mol. The van der Waals surface area contributed by atoms with Crippen molar-refractivity contribution in [2.75, 3.05) is 17.7 Å². The number of aromatic nitrogens is 3. The van der Waals surface area contributed by atoms with Crippen molar-refractivity contribution in [3.8, 4) is 0 Å². The summed E-state index contributed by atoms with van der Waals surface area (Å²) in [6.07, 6.45) is 2.79. The monoisotopic (exact) mass is 399 g/mol. The minimum Gasteiger partial charge on any atom is -0.393 e. The highest BCUT2D eigenvalue weighted by molar-refractivity contribution is 8.00. The van der Waals surface area contributed by atoms with Gasteiger partial charge in [-0.05, 0) is 18.2 Å². The first-order valence-corrected chi connectivity index (χ1v) is 9.77. The lowest BCUT2D eigenvalue weighted by molar-refractivity contribution is -0.645. The summed E-state index contributed by atoms with van der Waals surface area (Å²) in [7, 11) is 1.87. The second kappa shape index (κ2) is 7.70. The maximum atomic E-state index is 12.6. The van der Waals surface area contributed by atoms with Crippen molar-refractivity contribution in [2.24, 2.45) is 7.05 Å². The molecule has 0 radical (unpaired) electrons. The Labute approximate surface area is 164 Å². The van der Waals surface area contributed by atoms with Crippen LogP contribution in [0.3, 0.4) is 0 Å². The Morgan fingerprint density at radius 1 is 1.43 bits per heavy atom. The quantitative estimate of drug-likeness (QED) is 0.637. The van der Waals surface area contributed by atoms with Crippen molar-refractivity contribution >= 4 is 34.4 Å². The number of aliphatic hydroxyl groups excluding tert-OH is 1. The highest BCUT2D eigenvalue weighted by atomic mass is 32.2. The molecule has 2 N–H and O–H groups in total. The molecule has 2 atom stereocenters. The maximum absolute atomic E-state index is 12.6. The number of carbonyl (C=O) groups is 1. The summed E-state index contributed by atoms with van der Waals surface area (Å²) >= 11 is 1.44. The number of nitrogens with zero attached hydrogens (tertiary/aromatic N) is 3. The number of ether oxygens (including phenoxy) is 1. The van der Waals surface area contributed by atoms with Crippen LogP contribution in [-0.2, 0) is 11.8 Å². The number of carbonyl (C=O) groups excluding carboxylic acids is 1. The summed E-state index contributed by atoms with van der Waals surface area (Å²) in [5.41, 5.74) is 0.611. The number of aliphatic hydroxyl groups is 1. The van der Waals surface area contributed by atoms with Crippen LogP contribution < -0.4 is 15.6 Å². The summed E-state index contributed by atoms with van der Waals surface area (Å²) in [6.45, 7) is -0.110. The molecule has 9 heteroatoms. The first-order chi connectivity index (χ1) is 13.5. The van der Waals surface area contributed by atoms with Gasteiger partial charge in [0.2, 0.25) is 5.52 Å². The fourth-order valence-electron chi connectivity index (χ4n) is 3.11. The molecule has 144 valence electrons. The van der Waals surface area contributed by atoms with Gasteiger partial charge < -0.3 is 15.2 Å². The SMILES string of the molecule is C[n+]1cc(C(=O)Nc2ccn([C@@H]3CS[C@H](CO)O3)c(=O)n2)cc2ccccc21. The molecule has 28 heavy (non-hydrogen) atoms. The van der Waals surface area contributed by atoms with Gasteiger partial charge in [-0.2, -0.15) is 4.98 Å². The number of fused-ring (bicyclic) bond motifs is 1. The van der Waals surface area contributed by atoms with Crippen molar-refractivity contribution in [1.82, 2.24) is 9.55 Å². The molecule has 8 nitrogen and oxygen atoms in total. The molecule has 1 aliphatic heterocycles. The molecule has 0 bridgehead atoms. The van der Waals surface area contributed by atoms with E-state index in [2.05, 4.69) is 10.3 Å². The summed E-state index contributed by atoms with van der Waals surface area (Å²) in [5.74, 6) is 0.372. The molecule has 3 aromatic rings. The highest BCUT2D eigenvalue weighted by Gasteiger charge is 2.27. The number of rotatable bonds is 4. The number of benzene rings is 1. The first-order valence-electron chi connectivity index (χ1n) is 8.72.